The maximum Gasteiger partial charge on any atom is 0.123 e. The molecule has 2 aliphatic rings. The fourth-order valence-corrected chi connectivity index (χ4v) is 4.60. The number of benzene rings is 1. The van der Waals surface area contributed by atoms with Crippen molar-refractivity contribution in [1.29, 1.82) is 0 Å². The zero-order valence-electron chi connectivity index (χ0n) is 15.2. The third-order valence-electron chi connectivity index (χ3n) is 5.98. The lowest BCUT2D eigenvalue weighted by Gasteiger charge is -2.35. The molecule has 25 heavy (non-hydrogen) atoms. The highest BCUT2D eigenvalue weighted by Crippen LogP contribution is 2.38. The molecule has 1 heterocycles. The SMILES string of the molecule is COC1CCC(C[C@@]2(C)CC[C@H]([C@@H](O)c3cccc(F)c3)N2)CC1.Cl. The number of halogens is 2. The van der Waals surface area contributed by atoms with Crippen LogP contribution in [-0.2, 0) is 4.74 Å². The maximum atomic E-state index is 13.4. The van der Waals surface area contributed by atoms with Crippen LogP contribution in [0.2, 0.25) is 0 Å². The standard InChI is InChI=1S/C20H30FNO2.ClH/c1-20(13-14-6-8-17(24-2)9-7-14)11-10-18(22-20)19(23)15-4-3-5-16(21)12-15;/h3-5,12,14,17-19,22-23H,6-11,13H2,1-2H3;1H/t14?,17?,18-,19+,20-;/m1./s1. The minimum Gasteiger partial charge on any atom is -0.387 e. The molecule has 0 radical (unpaired) electrons. The molecule has 1 aliphatic heterocycles. The van der Waals surface area contributed by atoms with E-state index in [-0.39, 0.29) is 29.8 Å². The van der Waals surface area contributed by atoms with Crippen molar-refractivity contribution < 1.29 is 14.2 Å². The third-order valence-corrected chi connectivity index (χ3v) is 5.98. The highest BCUT2D eigenvalue weighted by atomic mass is 35.5. The average molecular weight is 372 g/mol. The van der Waals surface area contributed by atoms with Gasteiger partial charge in [-0.1, -0.05) is 12.1 Å². The van der Waals surface area contributed by atoms with E-state index in [4.69, 9.17) is 4.74 Å². The number of aliphatic hydroxyl groups is 1. The monoisotopic (exact) mass is 371 g/mol. The van der Waals surface area contributed by atoms with E-state index < -0.39 is 6.10 Å². The van der Waals surface area contributed by atoms with E-state index in [9.17, 15) is 9.50 Å². The van der Waals surface area contributed by atoms with Gasteiger partial charge in [0.25, 0.3) is 0 Å². The zero-order valence-corrected chi connectivity index (χ0v) is 16.0. The molecule has 5 heteroatoms. The number of methoxy groups -OCH3 is 1. The lowest BCUT2D eigenvalue weighted by Crippen LogP contribution is -2.44. The molecule has 1 aliphatic carbocycles. The molecule has 0 unspecified atom stereocenters. The predicted molar refractivity (Wildman–Crippen MR) is 101 cm³/mol. The minimum absolute atomic E-state index is 0. The Labute approximate surface area is 156 Å². The summed E-state index contributed by atoms with van der Waals surface area (Å²) in [6.45, 7) is 2.27. The summed E-state index contributed by atoms with van der Waals surface area (Å²) in [5.74, 6) is 0.446. The van der Waals surface area contributed by atoms with Gasteiger partial charge in [0.2, 0.25) is 0 Å². The summed E-state index contributed by atoms with van der Waals surface area (Å²) in [7, 11) is 1.81. The van der Waals surface area contributed by atoms with Crippen LogP contribution in [0.5, 0.6) is 0 Å². The van der Waals surface area contributed by atoms with Crippen LogP contribution in [0.25, 0.3) is 0 Å². The average Bonchev–Trinajstić information content (AvgIpc) is 2.97. The van der Waals surface area contributed by atoms with Gasteiger partial charge in [0.15, 0.2) is 0 Å². The first kappa shape index (κ1) is 20.6. The summed E-state index contributed by atoms with van der Waals surface area (Å²) in [4.78, 5) is 0. The topological polar surface area (TPSA) is 41.5 Å². The van der Waals surface area contributed by atoms with Gasteiger partial charge < -0.3 is 15.2 Å². The van der Waals surface area contributed by atoms with Gasteiger partial charge >= 0.3 is 0 Å². The van der Waals surface area contributed by atoms with Gasteiger partial charge in [-0.15, -0.1) is 12.4 Å². The Kier molecular flexibility index (Phi) is 7.27. The second kappa shape index (κ2) is 8.81. The third kappa shape index (κ3) is 5.16. The first-order valence-corrected chi connectivity index (χ1v) is 9.23. The molecule has 1 aromatic rings. The molecule has 3 nitrogen and oxygen atoms in total. The quantitative estimate of drug-likeness (QED) is 0.806. The molecule has 1 aromatic carbocycles. The molecule has 2 fully saturated rings. The van der Waals surface area contributed by atoms with Gasteiger partial charge in [-0.2, -0.15) is 0 Å². The van der Waals surface area contributed by atoms with E-state index in [2.05, 4.69) is 12.2 Å². The summed E-state index contributed by atoms with van der Waals surface area (Å²) in [6, 6.07) is 6.33. The molecule has 0 aromatic heterocycles. The van der Waals surface area contributed by atoms with E-state index in [0.717, 1.165) is 38.0 Å². The largest absolute Gasteiger partial charge is 0.387 e. The Morgan fingerprint density at radius 3 is 2.64 bits per heavy atom. The zero-order chi connectivity index (χ0) is 17.2. The van der Waals surface area contributed by atoms with Crippen molar-refractivity contribution in [3.05, 3.63) is 35.6 Å². The highest BCUT2D eigenvalue weighted by Gasteiger charge is 2.39. The van der Waals surface area contributed by atoms with Crippen LogP contribution < -0.4 is 5.32 Å². The Morgan fingerprint density at radius 1 is 1.28 bits per heavy atom. The van der Waals surface area contributed by atoms with Gasteiger partial charge in [0, 0.05) is 18.7 Å². The smallest absolute Gasteiger partial charge is 0.123 e. The molecule has 3 rings (SSSR count). The molecule has 2 N–H and O–H groups in total. The van der Waals surface area contributed by atoms with Crippen LogP contribution in [0, 0.1) is 11.7 Å². The van der Waals surface area contributed by atoms with Gasteiger partial charge in [-0.3, -0.25) is 0 Å². The van der Waals surface area contributed by atoms with Crippen LogP contribution >= 0.6 is 12.4 Å². The van der Waals surface area contributed by atoms with E-state index >= 15 is 0 Å². The molecule has 0 bridgehead atoms. The van der Waals surface area contributed by atoms with Crippen LogP contribution in [0.4, 0.5) is 4.39 Å². The summed E-state index contributed by atoms with van der Waals surface area (Å²) in [6.07, 6.45) is 7.71. The first-order valence-electron chi connectivity index (χ1n) is 9.23. The summed E-state index contributed by atoms with van der Waals surface area (Å²) < 4.78 is 18.9. The van der Waals surface area contributed by atoms with Gasteiger partial charge in [0.05, 0.1) is 12.2 Å². The van der Waals surface area contributed by atoms with E-state index in [0.29, 0.717) is 11.7 Å². The molecule has 142 valence electrons. The molecule has 1 saturated heterocycles. The molecule has 0 spiro atoms. The number of aliphatic hydroxyl groups excluding tert-OH is 1. The maximum absolute atomic E-state index is 13.4. The van der Waals surface area contributed by atoms with Gasteiger partial charge in [-0.05, 0) is 75.5 Å². The number of rotatable bonds is 5. The molecule has 3 atom stereocenters. The molecule has 1 saturated carbocycles. The lowest BCUT2D eigenvalue weighted by atomic mass is 9.78. The number of ether oxygens (including phenoxy) is 1. The Hall–Kier alpha value is -0.680. The van der Waals surface area contributed by atoms with Crippen molar-refractivity contribution in [3.8, 4) is 0 Å². The summed E-state index contributed by atoms with van der Waals surface area (Å²) in [5, 5.41) is 14.3. The van der Waals surface area contributed by atoms with Gasteiger partial charge in [-0.25, -0.2) is 4.39 Å². The molecular formula is C20H31ClFNO2. The van der Waals surface area contributed by atoms with Crippen LogP contribution in [0.3, 0.4) is 0 Å². The van der Waals surface area contributed by atoms with Crippen molar-refractivity contribution in [1.82, 2.24) is 5.32 Å². The van der Waals surface area contributed by atoms with Crippen LogP contribution in [-0.4, -0.2) is 29.9 Å². The number of nitrogens with one attached hydrogen (secondary N) is 1. The molecular weight excluding hydrogens is 341 g/mol. The van der Waals surface area contributed by atoms with Gasteiger partial charge in [0.1, 0.15) is 5.82 Å². The fourth-order valence-electron chi connectivity index (χ4n) is 4.60. The second-order valence-corrected chi connectivity index (χ2v) is 7.93. The van der Waals surface area contributed by atoms with Crippen molar-refractivity contribution in [3.63, 3.8) is 0 Å². The lowest BCUT2D eigenvalue weighted by molar-refractivity contribution is 0.0504. The normalized spacial score (nSPS) is 33.7. The second-order valence-electron chi connectivity index (χ2n) is 7.93. The van der Waals surface area contributed by atoms with Crippen molar-refractivity contribution in [2.75, 3.05) is 7.11 Å². The van der Waals surface area contributed by atoms with Crippen LogP contribution in [0.1, 0.15) is 63.5 Å². The first-order chi connectivity index (χ1) is 11.5. The predicted octanol–water partition coefficient (Wildman–Crippen LogP) is 4.39. The highest BCUT2D eigenvalue weighted by molar-refractivity contribution is 5.85. The summed E-state index contributed by atoms with van der Waals surface area (Å²) in [5.41, 5.74) is 0.737. The Balaban J connectivity index is 0.00000225. The van der Waals surface area contributed by atoms with E-state index in [1.54, 1.807) is 12.1 Å². The van der Waals surface area contributed by atoms with Crippen molar-refractivity contribution >= 4 is 12.4 Å². The Morgan fingerprint density at radius 2 is 2.00 bits per heavy atom. The summed E-state index contributed by atoms with van der Waals surface area (Å²) >= 11 is 0. The van der Waals surface area contributed by atoms with E-state index in [1.807, 2.05) is 7.11 Å². The van der Waals surface area contributed by atoms with Crippen LogP contribution in [0.15, 0.2) is 24.3 Å². The number of hydrogen-bond acceptors (Lipinski definition) is 3. The van der Waals surface area contributed by atoms with Crippen molar-refractivity contribution in [2.45, 2.75) is 75.7 Å². The van der Waals surface area contributed by atoms with Crippen molar-refractivity contribution in [2.24, 2.45) is 5.92 Å². The minimum atomic E-state index is -0.647. The molecule has 0 amide bonds. The fraction of sp³-hybridized carbons (Fsp3) is 0.700. The number of hydrogen-bond donors (Lipinski definition) is 2. The Bertz CT molecular complexity index is 550. The van der Waals surface area contributed by atoms with E-state index in [1.165, 1.54) is 25.0 Å².